The van der Waals surface area contributed by atoms with Crippen molar-refractivity contribution in [3.05, 3.63) is 29.3 Å². The third-order valence-corrected chi connectivity index (χ3v) is 3.98. The molecular weight excluding hydrogens is 240 g/mol. The third kappa shape index (κ3) is 2.77. The number of fused-ring (bicyclic) bond motifs is 1. The van der Waals surface area contributed by atoms with Crippen molar-refractivity contribution in [3.63, 3.8) is 0 Å². The van der Waals surface area contributed by atoms with Gasteiger partial charge < -0.3 is 14.6 Å². The first-order valence-corrected chi connectivity index (χ1v) is 7.15. The summed E-state index contributed by atoms with van der Waals surface area (Å²) in [6, 6.07) is 6.04. The zero-order chi connectivity index (χ0) is 13.5. The van der Waals surface area contributed by atoms with Crippen molar-refractivity contribution in [1.82, 2.24) is 0 Å². The van der Waals surface area contributed by atoms with Crippen LogP contribution in [0.3, 0.4) is 0 Å². The van der Waals surface area contributed by atoms with Crippen LogP contribution in [0.25, 0.3) is 0 Å². The zero-order valence-electron chi connectivity index (χ0n) is 11.7. The predicted octanol–water partition coefficient (Wildman–Crippen LogP) is 3.00. The zero-order valence-corrected chi connectivity index (χ0v) is 11.7. The second kappa shape index (κ2) is 4.80. The highest BCUT2D eigenvalue weighted by Gasteiger charge is 2.30. The van der Waals surface area contributed by atoms with E-state index in [2.05, 4.69) is 19.9 Å². The summed E-state index contributed by atoms with van der Waals surface area (Å²) in [6.45, 7) is 5.02. The predicted molar refractivity (Wildman–Crippen MR) is 73.4 cm³/mol. The van der Waals surface area contributed by atoms with Gasteiger partial charge >= 0.3 is 0 Å². The first kappa shape index (κ1) is 12.9. The third-order valence-electron chi connectivity index (χ3n) is 3.98. The lowest BCUT2D eigenvalue weighted by Gasteiger charge is -2.16. The van der Waals surface area contributed by atoms with Crippen LogP contribution in [0.2, 0.25) is 0 Å². The van der Waals surface area contributed by atoms with E-state index in [-0.39, 0.29) is 11.7 Å². The van der Waals surface area contributed by atoms with Crippen LogP contribution in [0.15, 0.2) is 18.2 Å². The Bertz CT molecular complexity index is 461. The van der Waals surface area contributed by atoms with E-state index in [1.807, 2.05) is 12.1 Å². The molecule has 2 aliphatic rings. The van der Waals surface area contributed by atoms with Crippen molar-refractivity contribution in [2.24, 2.45) is 0 Å². The van der Waals surface area contributed by atoms with Gasteiger partial charge in [-0.15, -0.1) is 0 Å². The molecule has 1 fully saturated rings. The van der Waals surface area contributed by atoms with Crippen LogP contribution in [-0.2, 0) is 11.2 Å². The first-order chi connectivity index (χ1) is 9.03. The second-order valence-electron chi connectivity index (χ2n) is 6.29. The van der Waals surface area contributed by atoms with E-state index in [1.165, 1.54) is 5.56 Å². The molecule has 0 saturated carbocycles. The minimum atomic E-state index is -0.433. The molecule has 3 heteroatoms. The SMILES string of the molecule is CC1(C)Cc2cc(C(O)CC3CCCO3)ccc2O1. The molecule has 0 bridgehead atoms. The van der Waals surface area contributed by atoms with Crippen molar-refractivity contribution in [2.75, 3.05) is 6.61 Å². The number of benzene rings is 1. The molecule has 104 valence electrons. The fourth-order valence-corrected chi connectivity index (χ4v) is 3.05. The van der Waals surface area contributed by atoms with Gasteiger partial charge in [-0.25, -0.2) is 0 Å². The molecular formula is C16H22O3. The largest absolute Gasteiger partial charge is 0.487 e. The maximum absolute atomic E-state index is 10.3. The first-order valence-electron chi connectivity index (χ1n) is 7.15. The minimum absolute atomic E-state index is 0.125. The van der Waals surface area contributed by atoms with E-state index < -0.39 is 6.10 Å². The summed E-state index contributed by atoms with van der Waals surface area (Å²) in [5, 5.41) is 10.3. The summed E-state index contributed by atoms with van der Waals surface area (Å²) in [6.07, 6.45) is 3.57. The molecule has 1 aromatic carbocycles. The van der Waals surface area contributed by atoms with Gasteiger partial charge in [-0.2, -0.15) is 0 Å². The fourth-order valence-electron chi connectivity index (χ4n) is 3.05. The number of aliphatic hydroxyl groups excluding tert-OH is 1. The average molecular weight is 262 g/mol. The van der Waals surface area contributed by atoms with Crippen LogP contribution in [0.1, 0.15) is 50.3 Å². The van der Waals surface area contributed by atoms with Gasteiger partial charge in [0.2, 0.25) is 0 Å². The normalized spacial score (nSPS) is 25.9. The van der Waals surface area contributed by atoms with Crippen molar-refractivity contribution in [1.29, 1.82) is 0 Å². The van der Waals surface area contributed by atoms with Crippen LogP contribution >= 0.6 is 0 Å². The maximum Gasteiger partial charge on any atom is 0.123 e. The highest BCUT2D eigenvalue weighted by Crippen LogP contribution is 2.37. The van der Waals surface area contributed by atoms with Crippen molar-refractivity contribution < 1.29 is 14.6 Å². The molecule has 2 aliphatic heterocycles. The summed E-state index contributed by atoms with van der Waals surface area (Å²) < 4.78 is 11.4. The number of ether oxygens (including phenoxy) is 2. The van der Waals surface area contributed by atoms with E-state index in [4.69, 9.17) is 9.47 Å². The molecule has 3 rings (SSSR count). The Hall–Kier alpha value is -1.06. The second-order valence-corrected chi connectivity index (χ2v) is 6.29. The van der Waals surface area contributed by atoms with Gasteiger partial charge in [-0.1, -0.05) is 6.07 Å². The molecule has 0 aliphatic carbocycles. The van der Waals surface area contributed by atoms with Gasteiger partial charge in [0.1, 0.15) is 11.4 Å². The molecule has 0 amide bonds. The standard InChI is InChI=1S/C16H22O3/c1-16(2)10-12-8-11(5-6-15(12)19-16)14(17)9-13-4-3-7-18-13/h5-6,8,13-14,17H,3-4,7,9-10H2,1-2H3. The minimum Gasteiger partial charge on any atom is -0.487 e. The lowest BCUT2D eigenvalue weighted by molar-refractivity contribution is 0.0535. The highest BCUT2D eigenvalue weighted by atomic mass is 16.5. The summed E-state index contributed by atoms with van der Waals surface area (Å²) in [5.74, 6) is 0.957. The summed E-state index contributed by atoms with van der Waals surface area (Å²) >= 11 is 0. The molecule has 2 atom stereocenters. The topological polar surface area (TPSA) is 38.7 Å². The average Bonchev–Trinajstić information content (AvgIpc) is 2.93. The smallest absolute Gasteiger partial charge is 0.123 e. The Kier molecular flexibility index (Phi) is 3.27. The van der Waals surface area contributed by atoms with Crippen molar-refractivity contribution >= 4 is 0 Å². The highest BCUT2D eigenvalue weighted by molar-refractivity contribution is 5.42. The summed E-state index contributed by atoms with van der Waals surface area (Å²) in [4.78, 5) is 0. The van der Waals surface area contributed by atoms with Crippen LogP contribution in [-0.4, -0.2) is 23.4 Å². The van der Waals surface area contributed by atoms with Crippen molar-refractivity contribution in [2.45, 2.75) is 57.3 Å². The lowest BCUT2D eigenvalue weighted by Crippen LogP contribution is -2.24. The maximum atomic E-state index is 10.3. The van der Waals surface area contributed by atoms with E-state index in [0.29, 0.717) is 6.42 Å². The van der Waals surface area contributed by atoms with Gasteiger partial charge in [0.05, 0.1) is 12.2 Å². The molecule has 19 heavy (non-hydrogen) atoms. The fraction of sp³-hybridized carbons (Fsp3) is 0.625. The monoisotopic (exact) mass is 262 g/mol. The molecule has 1 aromatic rings. The summed E-state index contributed by atoms with van der Waals surface area (Å²) in [5.41, 5.74) is 2.06. The van der Waals surface area contributed by atoms with E-state index >= 15 is 0 Å². The Labute approximate surface area is 114 Å². The Balaban J connectivity index is 1.72. The van der Waals surface area contributed by atoms with Gasteiger partial charge in [-0.3, -0.25) is 0 Å². The van der Waals surface area contributed by atoms with Gasteiger partial charge in [0, 0.05) is 19.4 Å². The number of aliphatic hydroxyl groups is 1. The van der Waals surface area contributed by atoms with Crippen LogP contribution in [0.4, 0.5) is 0 Å². The molecule has 0 aromatic heterocycles. The lowest BCUT2D eigenvalue weighted by atomic mass is 9.96. The van der Waals surface area contributed by atoms with Crippen molar-refractivity contribution in [3.8, 4) is 5.75 Å². The van der Waals surface area contributed by atoms with Crippen LogP contribution in [0.5, 0.6) is 5.75 Å². The molecule has 0 spiro atoms. The molecule has 2 heterocycles. The molecule has 3 nitrogen and oxygen atoms in total. The van der Waals surface area contributed by atoms with Gasteiger partial charge in [0.25, 0.3) is 0 Å². The Morgan fingerprint density at radius 1 is 1.42 bits per heavy atom. The van der Waals surface area contributed by atoms with E-state index in [9.17, 15) is 5.11 Å². The number of hydrogen-bond acceptors (Lipinski definition) is 3. The van der Waals surface area contributed by atoms with Gasteiger partial charge in [0.15, 0.2) is 0 Å². The molecule has 0 radical (unpaired) electrons. The molecule has 1 saturated heterocycles. The van der Waals surface area contributed by atoms with Gasteiger partial charge in [-0.05, 0) is 49.9 Å². The Morgan fingerprint density at radius 3 is 3.00 bits per heavy atom. The molecule has 2 unspecified atom stereocenters. The van der Waals surface area contributed by atoms with Crippen LogP contribution < -0.4 is 4.74 Å². The summed E-state index contributed by atoms with van der Waals surface area (Å²) in [7, 11) is 0. The molecule has 1 N–H and O–H groups in total. The van der Waals surface area contributed by atoms with E-state index in [1.54, 1.807) is 0 Å². The number of rotatable bonds is 3. The van der Waals surface area contributed by atoms with E-state index in [0.717, 1.165) is 37.2 Å². The van der Waals surface area contributed by atoms with Crippen LogP contribution in [0, 0.1) is 0 Å². The quantitative estimate of drug-likeness (QED) is 0.910. The number of hydrogen-bond donors (Lipinski definition) is 1. The Morgan fingerprint density at radius 2 is 2.26 bits per heavy atom.